The Bertz CT molecular complexity index is 856. The Morgan fingerprint density at radius 1 is 1.12 bits per heavy atom. The standard InChI is InChI=1S/C18H14F3NO3S/c19-18(20,21)13-4-2-1-3-12(13)17-22(7-8-26-17)16(23)11-5-6-14-15(9-11)25-10-24-14/h1-6,9,17H,7-8,10H2/t17-/m1/s1. The number of halogens is 3. The SMILES string of the molecule is O=C(c1ccc2c(c1)OCO2)N1CCS[C@@H]1c1ccccc1C(F)(F)F. The first-order valence-corrected chi connectivity index (χ1v) is 8.98. The van der Waals surface area contributed by atoms with Gasteiger partial charge < -0.3 is 14.4 Å². The number of alkyl halides is 3. The highest BCUT2D eigenvalue weighted by molar-refractivity contribution is 7.99. The van der Waals surface area contributed by atoms with Crippen molar-refractivity contribution in [3.8, 4) is 11.5 Å². The van der Waals surface area contributed by atoms with E-state index in [2.05, 4.69) is 0 Å². The van der Waals surface area contributed by atoms with Crippen molar-refractivity contribution < 1.29 is 27.4 Å². The van der Waals surface area contributed by atoms with Crippen LogP contribution >= 0.6 is 11.8 Å². The van der Waals surface area contributed by atoms with Crippen LogP contribution in [-0.4, -0.2) is 29.9 Å². The summed E-state index contributed by atoms with van der Waals surface area (Å²) in [6.07, 6.45) is -4.47. The first kappa shape index (κ1) is 17.1. The number of rotatable bonds is 2. The molecule has 1 saturated heterocycles. The highest BCUT2D eigenvalue weighted by atomic mass is 32.2. The predicted octanol–water partition coefficient (Wildman–Crippen LogP) is 4.32. The topological polar surface area (TPSA) is 38.8 Å². The molecular formula is C18H14F3NO3S. The largest absolute Gasteiger partial charge is 0.454 e. The molecule has 0 unspecified atom stereocenters. The van der Waals surface area contributed by atoms with Crippen LogP contribution in [0.4, 0.5) is 13.2 Å². The minimum absolute atomic E-state index is 0.0914. The number of carbonyl (C=O) groups is 1. The number of hydrogen-bond acceptors (Lipinski definition) is 4. The summed E-state index contributed by atoms with van der Waals surface area (Å²) in [7, 11) is 0. The van der Waals surface area contributed by atoms with Gasteiger partial charge in [0.25, 0.3) is 5.91 Å². The fourth-order valence-corrected chi connectivity index (χ4v) is 4.39. The molecule has 1 atom stereocenters. The van der Waals surface area contributed by atoms with Gasteiger partial charge in [0.2, 0.25) is 6.79 Å². The van der Waals surface area contributed by atoms with Crippen LogP contribution in [0.2, 0.25) is 0 Å². The molecule has 0 radical (unpaired) electrons. The minimum atomic E-state index is -4.47. The number of benzene rings is 2. The highest BCUT2D eigenvalue weighted by Crippen LogP contribution is 2.44. The summed E-state index contributed by atoms with van der Waals surface area (Å²) in [5, 5.41) is -0.675. The maximum atomic E-state index is 13.4. The molecule has 26 heavy (non-hydrogen) atoms. The Labute approximate surface area is 151 Å². The summed E-state index contributed by atoms with van der Waals surface area (Å²) in [6, 6.07) is 10.2. The summed E-state index contributed by atoms with van der Waals surface area (Å²) in [5.74, 6) is 1.27. The number of carbonyl (C=O) groups excluding carboxylic acids is 1. The van der Waals surface area contributed by atoms with Crippen molar-refractivity contribution in [2.45, 2.75) is 11.6 Å². The molecule has 0 saturated carbocycles. The van der Waals surface area contributed by atoms with Crippen LogP contribution in [0.25, 0.3) is 0 Å². The minimum Gasteiger partial charge on any atom is -0.454 e. The van der Waals surface area contributed by atoms with Gasteiger partial charge in [0.15, 0.2) is 11.5 Å². The van der Waals surface area contributed by atoms with E-state index < -0.39 is 17.1 Å². The number of nitrogens with zero attached hydrogens (tertiary/aromatic N) is 1. The van der Waals surface area contributed by atoms with E-state index in [0.29, 0.717) is 29.4 Å². The molecule has 0 spiro atoms. The van der Waals surface area contributed by atoms with E-state index in [-0.39, 0.29) is 18.3 Å². The van der Waals surface area contributed by atoms with Crippen molar-refractivity contribution in [1.29, 1.82) is 0 Å². The average Bonchev–Trinajstić information content (AvgIpc) is 3.28. The summed E-state index contributed by atoms with van der Waals surface area (Å²) in [5.41, 5.74) is -0.231. The molecule has 0 N–H and O–H groups in total. The van der Waals surface area contributed by atoms with Gasteiger partial charge in [-0.2, -0.15) is 13.2 Å². The van der Waals surface area contributed by atoms with Gasteiger partial charge in [0.05, 0.1) is 5.56 Å². The molecule has 4 rings (SSSR count). The summed E-state index contributed by atoms with van der Waals surface area (Å²) in [4.78, 5) is 14.4. The average molecular weight is 381 g/mol. The molecule has 0 aliphatic carbocycles. The molecule has 136 valence electrons. The lowest BCUT2D eigenvalue weighted by atomic mass is 10.1. The Balaban J connectivity index is 1.66. The molecule has 2 aromatic rings. The van der Waals surface area contributed by atoms with Gasteiger partial charge in [-0.1, -0.05) is 18.2 Å². The van der Waals surface area contributed by atoms with Crippen LogP contribution in [-0.2, 0) is 6.18 Å². The Morgan fingerprint density at radius 3 is 2.69 bits per heavy atom. The van der Waals surface area contributed by atoms with Crippen molar-refractivity contribution in [1.82, 2.24) is 4.90 Å². The molecular weight excluding hydrogens is 367 g/mol. The van der Waals surface area contributed by atoms with Crippen LogP contribution in [0, 0.1) is 0 Å². The van der Waals surface area contributed by atoms with Gasteiger partial charge in [0, 0.05) is 17.9 Å². The highest BCUT2D eigenvalue weighted by Gasteiger charge is 2.39. The van der Waals surface area contributed by atoms with E-state index in [1.165, 1.54) is 28.8 Å². The van der Waals surface area contributed by atoms with E-state index in [4.69, 9.17) is 9.47 Å². The van der Waals surface area contributed by atoms with E-state index >= 15 is 0 Å². The second kappa shape index (κ2) is 6.42. The predicted molar refractivity (Wildman–Crippen MR) is 90.2 cm³/mol. The molecule has 4 nitrogen and oxygen atoms in total. The fourth-order valence-electron chi connectivity index (χ4n) is 3.10. The van der Waals surface area contributed by atoms with Crippen molar-refractivity contribution in [2.75, 3.05) is 19.1 Å². The van der Waals surface area contributed by atoms with Crippen LogP contribution < -0.4 is 9.47 Å². The lowest BCUT2D eigenvalue weighted by Crippen LogP contribution is -2.31. The van der Waals surface area contributed by atoms with Crippen LogP contribution in [0.5, 0.6) is 11.5 Å². The van der Waals surface area contributed by atoms with Gasteiger partial charge in [-0.3, -0.25) is 4.79 Å². The van der Waals surface area contributed by atoms with E-state index in [0.717, 1.165) is 6.07 Å². The first-order chi connectivity index (χ1) is 12.4. The third-order valence-corrected chi connectivity index (χ3v) is 5.55. The molecule has 2 aliphatic heterocycles. The first-order valence-electron chi connectivity index (χ1n) is 7.93. The molecule has 2 aromatic carbocycles. The quantitative estimate of drug-likeness (QED) is 0.777. The van der Waals surface area contributed by atoms with Crippen LogP contribution in [0.15, 0.2) is 42.5 Å². The second-order valence-electron chi connectivity index (χ2n) is 5.87. The molecule has 1 fully saturated rings. The summed E-state index contributed by atoms with van der Waals surface area (Å²) < 4.78 is 50.6. The van der Waals surface area contributed by atoms with Gasteiger partial charge in [0.1, 0.15) is 5.37 Å². The fraction of sp³-hybridized carbons (Fsp3) is 0.278. The van der Waals surface area contributed by atoms with E-state index in [1.807, 2.05) is 0 Å². The summed E-state index contributed by atoms with van der Waals surface area (Å²) in [6.45, 7) is 0.475. The Kier molecular flexibility index (Phi) is 4.22. The zero-order valence-corrected chi connectivity index (χ0v) is 14.3. The molecule has 0 bridgehead atoms. The van der Waals surface area contributed by atoms with Gasteiger partial charge in [-0.25, -0.2) is 0 Å². The van der Waals surface area contributed by atoms with Crippen molar-refractivity contribution in [3.63, 3.8) is 0 Å². The third-order valence-electron chi connectivity index (χ3n) is 4.30. The van der Waals surface area contributed by atoms with E-state index in [9.17, 15) is 18.0 Å². The third kappa shape index (κ3) is 2.98. The maximum Gasteiger partial charge on any atom is 0.416 e. The van der Waals surface area contributed by atoms with Crippen molar-refractivity contribution in [3.05, 3.63) is 59.2 Å². The van der Waals surface area contributed by atoms with E-state index in [1.54, 1.807) is 24.3 Å². The van der Waals surface area contributed by atoms with Crippen LogP contribution in [0.3, 0.4) is 0 Å². The number of fused-ring (bicyclic) bond motifs is 1. The second-order valence-corrected chi connectivity index (χ2v) is 7.06. The molecule has 1 amide bonds. The Hall–Kier alpha value is -2.35. The molecule has 8 heteroatoms. The van der Waals surface area contributed by atoms with Gasteiger partial charge >= 0.3 is 6.18 Å². The summed E-state index contributed by atoms with van der Waals surface area (Å²) >= 11 is 1.33. The molecule has 0 aromatic heterocycles. The Morgan fingerprint density at radius 2 is 1.88 bits per heavy atom. The van der Waals surface area contributed by atoms with Gasteiger partial charge in [-0.15, -0.1) is 11.8 Å². The molecule has 2 aliphatic rings. The zero-order chi connectivity index (χ0) is 18.3. The zero-order valence-electron chi connectivity index (χ0n) is 13.5. The smallest absolute Gasteiger partial charge is 0.416 e. The number of hydrogen-bond donors (Lipinski definition) is 0. The lowest BCUT2D eigenvalue weighted by Gasteiger charge is -2.26. The van der Waals surface area contributed by atoms with Crippen molar-refractivity contribution >= 4 is 17.7 Å². The number of amides is 1. The monoisotopic (exact) mass is 381 g/mol. The lowest BCUT2D eigenvalue weighted by molar-refractivity contribution is -0.138. The maximum absolute atomic E-state index is 13.4. The molecule has 2 heterocycles. The normalized spacial score (nSPS) is 19.0. The van der Waals surface area contributed by atoms with Crippen molar-refractivity contribution in [2.24, 2.45) is 0 Å². The number of ether oxygens (including phenoxy) is 2. The number of thioether (sulfide) groups is 1. The van der Waals surface area contributed by atoms with Crippen LogP contribution in [0.1, 0.15) is 26.9 Å². The van der Waals surface area contributed by atoms with Gasteiger partial charge in [-0.05, 0) is 29.8 Å².